The molecule has 0 bridgehead atoms. The number of rotatable bonds is 4. The number of aromatic hydroxyl groups is 1. The second-order valence-corrected chi connectivity index (χ2v) is 10.9. The third kappa shape index (κ3) is 5.17. The predicted octanol–water partition coefficient (Wildman–Crippen LogP) is 7.01. The smallest absolute Gasteiger partial charge is 0.115 e. The van der Waals surface area contributed by atoms with Crippen molar-refractivity contribution >= 4 is 0 Å². The molecule has 0 spiro atoms. The van der Waals surface area contributed by atoms with E-state index in [-0.39, 0.29) is 11.5 Å². The molecule has 0 unspecified atom stereocenters. The molecule has 0 aliphatic heterocycles. The Balaban J connectivity index is 0.000000152. The van der Waals surface area contributed by atoms with Crippen molar-refractivity contribution in [3.8, 4) is 5.75 Å². The average Bonchev–Trinajstić information content (AvgIpc) is 3.20. The van der Waals surface area contributed by atoms with Crippen molar-refractivity contribution in [2.75, 3.05) is 0 Å². The van der Waals surface area contributed by atoms with Crippen LogP contribution in [0.2, 0.25) is 0 Å². The molecule has 3 nitrogen and oxygen atoms in total. The fourth-order valence-corrected chi connectivity index (χ4v) is 6.98. The van der Waals surface area contributed by atoms with Gasteiger partial charge in [0.25, 0.3) is 0 Å². The Labute approximate surface area is 209 Å². The van der Waals surface area contributed by atoms with Crippen LogP contribution in [0, 0.1) is 17.3 Å². The molecule has 3 aliphatic carbocycles. The average molecular weight is 471 g/mol. The van der Waals surface area contributed by atoms with Crippen molar-refractivity contribution in [3.63, 3.8) is 0 Å². The molecule has 3 heteroatoms. The molecule has 0 radical (unpaired) electrons. The lowest BCUT2D eigenvalue weighted by atomic mass is 9.55. The number of phenolic OH excluding ortho intramolecular Hbond substituents is 1. The Morgan fingerprint density at radius 2 is 1.49 bits per heavy atom. The molecule has 184 valence electrons. The number of aryl methyl sites for hydroxylation is 1. The van der Waals surface area contributed by atoms with E-state index in [4.69, 9.17) is 4.74 Å². The molecule has 0 heterocycles. The van der Waals surface area contributed by atoms with Gasteiger partial charge in [0.15, 0.2) is 0 Å². The van der Waals surface area contributed by atoms with Gasteiger partial charge in [-0.3, -0.25) is 0 Å². The van der Waals surface area contributed by atoms with E-state index in [0.717, 1.165) is 25.2 Å². The molecule has 3 aliphatic rings. The molecule has 0 aromatic heterocycles. The SMILES string of the molecule is C[C@]12CC[C@@H]3c4ccc(O)cc4CC[C@H]3[C@@H]1CC[C@@H]2O.c1ccc(COCc2ccccc2)cc1. The van der Waals surface area contributed by atoms with E-state index in [9.17, 15) is 10.2 Å². The topological polar surface area (TPSA) is 49.7 Å². The lowest BCUT2D eigenvalue weighted by Crippen LogP contribution is -2.43. The normalized spacial score (nSPS) is 28.7. The van der Waals surface area contributed by atoms with Crippen LogP contribution in [0.4, 0.5) is 0 Å². The first-order valence-electron chi connectivity index (χ1n) is 13.2. The van der Waals surface area contributed by atoms with E-state index in [1.165, 1.54) is 41.5 Å². The summed E-state index contributed by atoms with van der Waals surface area (Å²) in [6.45, 7) is 3.67. The maximum atomic E-state index is 10.4. The molecule has 2 saturated carbocycles. The van der Waals surface area contributed by atoms with Crippen LogP contribution in [-0.2, 0) is 24.4 Å². The van der Waals surface area contributed by atoms with Gasteiger partial charge in [-0.2, -0.15) is 0 Å². The first-order valence-corrected chi connectivity index (χ1v) is 13.2. The highest BCUT2D eigenvalue weighted by Crippen LogP contribution is 2.60. The van der Waals surface area contributed by atoms with E-state index in [1.807, 2.05) is 48.5 Å². The number of hydrogen-bond acceptors (Lipinski definition) is 3. The van der Waals surface area contributed by atoms with Gasteiger partial charge in [0, 0.05) is 0 Å². The molecular formula is C32H38O3. The number of phenols is 1. The summed E-state index contributed by atoms with van der Waals surface area (Å²) in [6, 6.07) is 26.4. The summed E-state index contributed by atoms with van der Waals surface area (Å²) in [4.78, 5) is 0. The molecule has 0 saturated heterocycles. The lowest BCUT2D eigenvalue weighted by Gasteiger charge is -2.50. The Kier molecular flexibility index (Phi) is 7.27. The maximum Gasteiger partial charge on any atom is 0.115 e. The standard InChI is InChI=1S/C18H24O2.C14H14O/c1-18-9-8-14-13-5-3-12(19)10-11(13)2-4-15(14)16(18)6-7-17(18)20;1-3-7-13(8-4-1)11-15-12-14-9-5-2-6-10-14/h3,5,10,14-17,19-20H,2,4,6-9H2,1H3;1-10H,11-12H2/t14-,15-,16+,17+,18+;/m1./s1. The molecule has 6 rings (SSSR count). The highest BCUT2D eigenvalue weighted by atomic mass is 16.5. The molecule has 3 aromatic carbocycles. The summed E-state index contributed by atoms with van der Waals surface area (Å²) in [5, 5.41) is 20.0. The van der Waals surface area contributed by atoms with Crippen LogP contribution in [0.5, 0.6) is 5.75 Å². The number of fused-ring (bicyclic) bond motifs is 5. The van der Waals surface area contributed by atoms with Crippen molar-refractivity contribution < 1.29 is 14.9 Å². The summed E-state index contributed by atoms with van der Waals surface area (Å²) in [5.74, 6) is 2.49. The highest BCUT2D eigenvalue weighted by Gasteiger charge is 2.54. The van der Waals surface area contributed by atoms with Crippen LogP contribution in [0.15, 0.2) is 78.9 Å². The molecule has 0 amide bonds. The van der Waals surface area contributed by atoms with E-state index in [2.05, 4.69) is 37.3 Å². The minimum Gasteiger partial charge on any atom is -0.508 e. The Bertz CT molecular complexity index is 1060. The van der Waals surface area contributed by atoms with Crippen molar-refractivity contribution in [3.05, 3.63) is 101 Å². The summed E-state index contributed by atoms with van der Waals surface area (Å²) in [6.07, 6.45) is 6.78. The van der Waals surface area contributed by atoms with E-state index in [0.29, 0.717) is 30.8 Å². The number of ether oxygens (including phenoxy) is 1. The first kappa shape index (κ1) is 24.1. The third-order valence-electron chi connectivity index (χ3n) is 8.88. The van der Waals surface area contributed by atoms with Crippen LogP contribution in [0.3, 0.4) is 0 Å². The van der Waals surface area contributed by atoms with E-state index < -0.39 is 0 Å². The fraction of sp³-hybridized carbons (Fsp3) is 0.438. The molecule has 2 fully saturated rings. The zero-order valence-corrected chi connectivity index (χ0v) is 20.8. The summed E-state index contributed by atoms with van der Waals surface area (Å²) in [7, 11) is 0. The zero-order chi connectivity index (χ0) is 24.3. The Morgan fingerprint density at radius 3 is 2.14 bits per heavy atom. The van der Waals surface area contributed by atoms with Gasteiger partial charge in [-0.1, -0.05) is 73.7 Å². The minimum absolute atomic E-state index is 0.0883. The molecular weight excluding hydrogens is 432 g/mol. The van der Waals surface area contributed by atoms with Gasteiger partial charge < -0.3 is 14.9 Å². The molecule has 2 N–H and O–H groups in total. The number of aliphatic hydroxyl groups excluding tert-OH is 1. The number of hydrogen-bond donors (Lipinski definition) is 2. The zero-order valence-electron chi connectivity index (χ0n) is 20.8. The predicted molar refractivity (Wildman–Crippen MR) is 140 cm³/mol. The summed E-state index contributed by atoms with van der Waals surface area (Å²) < 4.78 is 5.61. The Hall–Kier alpha value is -2.62. The van der Waals surface area contributed by atoms with E-state index in [1.54, 1.807) is 0 Å². The monoisotopic (exact) mass is 470 g/mol. The Morgan fingerprint density at radius 1 is 0.829 bits per heavy atom. The summed E-state index contributed by atoms with van der Waals surface area (Å²) in [5.41, 5.74) is 5.42. The van der Waals surface area contributed by atoms with Gasteiger partial charge in [0.1, 0.15) is 5.75 Å². The molecule has 3 aromatic rings. The first-order chi connectivity index (χ1) is 17.0. The van der Waals surface area contributed by atoms with Crippen molar-refractivity contribution in [1.82, 2.24) is 0 Å². The lowest BCUT2D eigenvalue weighted by molar-refractivity contribution is -0.0226. The van der Waals surface area contributed by atoms with Crippen LogP contribution in [0.1, 0.15) is 67.2 Å². The van der Waals surface area contributed by atoms with Crippen LogP contribution < -0.4 is 0 Å². The van der Waals surface area contributed by atoms with Gasteiger partial charge in [0.05, 0.1) is 19.3 Å². The van der Waals surface area contributed by atoms with Gasteiger partial charge in [-0.15, -0.1) is 0 Å². The van der Waals surface area contributed by atoms with Gasteiger partial charge in [-0.05, 0) is 96.1 Å². The molecule has 5 atom stereocenters. The van der Waals surface area contributed by atoms with Crippen LogP contribution in [-0.4, -0.2) is 16.3 Å². The van der Waals surface area contributed by atoms with Crippen molar-refractivity contribution in [1.29, 1.82) is 0 Å². The van der Waals surface area contributed by atoms with Crippen LogP contribution >= 0.6 is 0 Å². The minimum atomic E-state index is -0.0883. The van der Waals surface area contributed by atoms with E-state index >= 15 is 0 Å². The van der Waals surface area contributed by atoms with Gasteiger partial charge in [0.2, 0.25) is 0 Å². The second-order valence-electron chi connectivity index (χ2n) is 10.9. The van der Waals surface area contributed by atoms with Crippen LogP contribution in [0.25, 0.3) is 0 Å². The second kappa shape index (κ2) is 10.6. The number of aliphatic hydroxyl groups is 1. The molecule has 35 heavy (non-hydrogen) atoms. The van der Waals surface area contributed by atoms with Gasteiger partial charge >= 0.3 is 0 Å². The largest absolute Gasteiger partial charge is 0.508 e. The summed E-state index contributed by atoms with van der Waals surface area (Å²) >= 11 is 0. The number of benzene rings is 3. The quantitative estimate of drug-likeness (QED) is 0.431. The fourth-order valence-electron chi connectivity index (χ4n) is 6.98. The highest BCUT2D eigenvalue weighted by molar-refractivity contribution is 5.40. The van der Waals surface area contributed by atoms with Crippen molar-refractivity contribution in [2.45, 2.75) is 70.7 Å². The maximum absolute atomic E-state index is 10.4. The van der Waals surface area contributed by atoms with Gasteiger partial charge in [-0.25, -0.2) is 0 Å². The van der Waals surface area contributed by atoms with Crippen molar-refractivity contribution in [2.24, 2.45) is 17.3 Å². The third-order valence-corrected chi connectivity index (χ3v) is 8.88.